The van der Waals surface area contributed by atoms with Gasteiger partial charge in [-0.25, -0.2) is 0 Å². The van der Waals surface area contributed by atoms with Gasteiger partial charge in [0.2, 0.25) is 0 Å². The van der Waals surface area contributed by atoms with Gasteiger partial charge in [0.15, 0.2) is 0 Å². The van der Waals surface area contributed by atoms with E-state index in [0.29, 0.717) is 22.0 Å². The average molecular weight is 262 g/mol. The maximum Gasteiger partial charge on any atom is 0.255 e. The molecule has 5 heteroatoms. The molecule has 0 saturated heterocycles. The first-order valence-corrected chi connectivity index (χ1v) is 5.72. The van der Waals surface area contributed by atoms with E-state index in [9.17, 15) is 4.79 Å². The van der Waals surface area contributed by atoms with Gasteiger partial charge < -0.3 is 11.1 Å². The number of aryl methyl sites for hydroxylation is 1. The molecule has 0 bridgehead atoms. The Balaban J connectivity index is 2.25. The largest absolute Gasteiger partial charge is 0.396 e. The molecule has 1 heterocycles. The molecule has 0 atom stereocenters. The molecule has 92 valence electrons. The van der Waals surface area contributed by atoms with Crippen LogP contribution in [0.25, 0.3) is 0 Å². The standard InChI is InChI=1S/C13H12ClN3O/c1-8-4-9(6-10(14)5-8)13(18)17-12-2-3-16-7-11(12)15/h2-7H,15H2,1H3,(H,16,17,18). The zero-order valence-electron chi connectivity index (χ0n) is 9.77. The summed E-state index contributed by atoms with van der Waals surface area (Å²) in [5.41, 5.74) is 8.08. The minimum Gasteiger partial charge on any atom is -0.396 e. The number of benzene rings is 1. The summed E-state index contributed by atoms with van der Waals surface area (Å²) in [7, 11) is 0. The minimum absolute atomic E-state index is 0.251. The Morgan fingerprint density at radius 1 is 1.39 bits per heavy atom. The van der Waals surface area contributed by atoms with Gasteiger partial charge in [-0.05, 0) is 36.8 Å². The quantitative estimate of drug-likeness (QED) is 0.873. The van der Waals surface area contributed by atoms with Crippen LogP contribution in [0.4, 0.5) is 11.4 Å². The van der Waals surface area contributed by atoms with Crippen LogP contribution in [0.1, 0.15) is 15.9 Å². The molecular formula is C13H12ClN3O. The van der Waals surface area contributed by atoms with E-state index in [4.69, 9.17) is 17.3 Å². The number of pyridine rings is 1. The first-order chi connectivity index (χ1) is 8.56. The normalized spacial score (nSPS) is 10.1. The van der Waals surface area contributed by atoms with Gasteiger partial charge in [-0.1, -0.05) is 11.6 Å². The van der Waals surface area contributed by atoms with Gasteiger partial charge in [0.05, 0.1) is 17.6 Å². The lowest BCUT2D eigenvalue weighted by molar-refractivity contribution is 0.102. The van der Waals surface area contributed by atoms with Crippen LogP contribution < -0.4 is 11.1 Å². The van der Waals surface area contributed by atoms with Crippen LogP contribution in [0.5, 0.6) is 0 Å². The van der Waals surface area contributed by atoms with Gasteiger partial charge in [-0.2, -0.15) is 0 Å². The molecule has 0 aliphatic carbocycles. The zero-order valence-corrected chi connectivity index (χ0v) is 10.5. The summed E-state index contributed by atoms with van der Waals surface area (Å²) in [6.07, 6.45) is 3.05. The fraction of sp³-hybridized carbons (Fsp3) is 0.0769. The molecule has 2 rings (SSSR count). The smallest absolute Gasteiger partial charge is 0.255 e. The molecule has 0 unspecified atom stereocenters. The number of rotatable bonds is 2. The third-order valence-electron chi connectivity index (χ3n) is 2.40. The lowest BCUT2D eigenvalue weighted by Gasteiger charge is -2.08. The van der Waals surface area contributed by atoms with Gasteiger partial charge in [0.1, 0.15) is 0 Å². The van der Waals surface area contributed by atoms with Gasteiger partial charge in [0.25, 0.3) is 5.91 Å². The van der Waals surface area contributed by atoms with E-state index in [1.807, 2.05) is 6.92 Å². The van der Waals surface area contributed by atoms with Gasteiger partial charge in [0, 0.05) is 16.8 Å². The predicted octanol–water partition coefficient (Wildman–Crippen LogP) is 2.88. The summed E-state index contributed by atoms with van der Waals surface area (Å²) in [5.74, 6) is -0.251. The van der Waals surface area contributed by atoms with Crippen LogP contribution in [0.2, 0.25) is 5.02 Å². The number of amides is 1. The Bertz CT molecular complexity index is 578. The van der Waals surface area contributed by atoms with E-state index in [-0.39, 0.29) is 5.91 Å². The molecule has 1 aromatic carbocycles. The molecular weight excluding hydrogens is 250 g/mol. The van der Waals surface area contributed by atoms with Crippen molar-refractivity contribution in [1.29, 1.82) is 0 Å². The van der Waals surface area contributed by atoms with E-state index in [0.717, 1.165) is 5.56 Å². The maximum atomic E-state index is 12.0. The van der Waals surface area contributed by atoms with Crippen LogP contribution >= 0.6 is 11.6 Å². The molecule has 0 fully saturated rings. The van der Waals surface area contributed by atoms with E-state index in [1.54, 1.807) is 30.5 Å². The van der Waals surface area contributed by atoms with Gasteiger partial charge in [-0.15, -0.1) is 0 Å². The number of hydrogen-bond acceptors (Lipinski definition) is 3. The molecule has 0 saturated carbocycles. The van der Waals surface area contributed by atoms with Crippen molar-refractivity contribution >= 4 is 28.9 Å². The second kappa shape index (κ2) is 5.06. The molecule has 4 nitrogen and oxygen atoms in total. The number of carbonyl (C=O) groups excluding carboxylic acids is 1. The Hall–Kier alpha value is -2.07. The van der Waals surface area contributed by atoms with E-state index in [1.165, 1.54) is 6.20 Å². The number of nitrogen functional groups attached to an aromatic ring is 1. The van der Waals surface area contributed by atoms with Crippen LogP contribution in [-0.2, 0) is 0 Å². The highest BCUT2D eigenvalue weighted by atomic mass is 35.5. The topological polar surface area (TPSA) is 68.0 Å². The Labute approximate surface area is 110 Å². The first kappa shape index (κ1) is 12.4. The Morgan fingerprint density at radius 2 is 2.17 bits per heavy atom. The van der Waals surface area contributed by atoms with Crippen molar-refractivity contribution in [2.24, 2.45) is 0 Å². The molecule has 2 aromatic rings. The van der Waals surface area contributed by atoms with Crippen molar-refractivity contribution in [2.75, 3.05) is 11.1 Å². The number of nitrogens with two attached hydrogens (primary N) is 1. The number of aromatic nitrogens is 1. The maximum absolute atomic E-state index is 12.0. The SMILES string of the molecule is Cc1cc(Cl)cc(C(=O)Nc2ccncc2N)c1. The highest BCUT2D eigenvalue weighted by Crippen LogP contribution is 2.19. The van der Waals surface area contributed by atoms with Crippen LogP contribution in [0.15, 0.2) is 36.7 Å². The average Bonchev–Trinajstić information content (AvgIpc) is 2.31. The van der Waals surface area contributed by atoms with E-state index >= 15 is 0 Å². The van der Waals surface area contributed by atoms with Crippen LogP contribution in [-0.4, -0.2) is 10.9 Å². The van der Waals surface area contributed by atoms with Crippen molar-refractivity contribution < 1.29 is 4.79 Å². The third-order valence-corrected chi connectivity index (χ3v) is 2.62. The number of carbonyl (C=O) groups is 1. The Morgan fingerprint density at radius 3 is 2.83 bits per heavy atom. The Kier molecular flexibility index (Phi) is 3.48. The van der Waals surface area contributed by atoms with Gasteiger partial charge in [-0.3, -0.25) is 9.78 Å². The second-order valence-electron chi connectivity index (χ2n) is 3.93. The molecule has 0 aliphatic heterocycles. The fourth-order valence-corrected chi connectivity index (χ4v) is 1.87. The van der Waals surface area contributed by atoms with Crippen molar-refractivity contribution in [2.45, 2.75) is 6.92 Å². The van der Waals surface area contributed by atoms with E-state index < -0.39 is 0 Å². The fourth-order valence-electron chi connectivity index (χ4n) is 1.58. The van der Waals surface area contributed by atoms with Crippen LogP contribution in [0, 0.1) is 6.92 Å². The van der Waals surface area contributed by atoms with Crippen LogP contribution in [0.3, 0.4) is 0 Å². The third kappa shape index (κ3) is 2.78. The van der Waals surface area contributed by atoms with Gasteiger partial charge >= 0.3 is 0 Å². The number of anilines is 2. The molecule has 0 radical (unpaired) electrons. The van der Waals surface area contributed by atoms with Crippen molar-refractivity contribution in [3.05, 3.63) is 52.8 Å². The first-order valence-electron chi connectivity index (χ1n) is 5.34. The number of nitrogens with zero attached hydrogens (tertiary/aromatic N) is 1. The molecule has 3 N–H and O–H groups in total. The van der Waals surface area contributed by atoms with Crippen molar-refractivity contribution in [3.8, 4) is 0 Å². The van der Waals surface area contributed by atoms with E-state index in [2.05, 4.69) is 10.3 Å². The molecule has 1 amide bonds. The monoisotopic (exact) mass is 261 g/mol. The van der Waals surface area contributed by atoms with Crippen molar-refractivity contribution in [3.63, 3.8) is 0 Å². The number of halogens is 1. The number of hydrogen-bond donors (Lipinski definition) is 2. The summed E-state index contributed by atoms with van der Waals surface area (Å²) in [4.78, 5) is 15.9. The molecule has 1 aromatic heterocycles. The second-order valence-corrected chi connectivity index (χ2v) is 4.37. The summed E-state index contributed by atoms with van der Waals surface area (Å²) in [5, 5.41) is 3.25. The molecule has 18 heavy (non-hydrogen) atoms. The molecule has 0 aliphatic rings. The number of nitrogens with one attached hydrogen (secondary N) is 1. The summed E-state index contributed by atoms with van der Waals surface area (Å²) >= 11 is 5.91. The highest BCUT2D eigenvalue weighted by Gasteiger charge is 2.09. The summed E-state index contributed by atoms with van der Waals surface area (Å²) in [6, 6.07) is 6.81. The zero-order chi connectivity index (χ0) is 13.1. The molecule has 0 spiro atoms. The predicted molar refractivity (Wildman–Crippen MR) is 72.8 cm³/mol. The lowest BCUT2D eigenvalue weighted by Crippen LogP contribution is -2.13. The summed E-state index contributed by atoms with van der Waals surface area (Å²) < 4.78 is 0. The lowest BCUT2D eigenvalue weighted by atomic mass is 10.1. The van der Waals surface area contributed by atoms with Crippen molar-refractivity contribution in [1.82, 2.24) is 4.98 Å². The minimum atomic E-state index is -0.251. The highest BCUT2D eigenvalue weighted by molar-refractivity contribution is 6.31. The summed E-state index contributed by atoms with van der Waals surface area (Å²) in [6.45, 7) is 1.88.